The van der Waals surface area contributed by atoms with Crippen LogP contribution in [0, 0.1) is 11.7 Å². The van der Waals surface area contributed by atoms with Gasteiger partial charge in [0.15, 0.2) is 17.3 Å². The van der Waals surface area contributed by atoms with Crippen molar-refractivity contribution in [2.75, 3.05) is 6.61 Å². The molecule has 1 heterocycles. The highest BCUT2D eigenvalue weighted by Crippen LogP contribution is 2.33. The molecule has 1 unspecified atom stereocenters. The fraction of sp³-hybridized carbons (Fsp3) is 0.474. The second-order valence-corrected chi connectivity index (χ2v) is 7.27. The van der Waals surface area contributed by atoms with Crippen LogP contribution in [0.2, 0.25) is 0 Å². The Hall–Kier alpha value is -2.02. The Balaban J connectivity index is 2.02. The van der Waals surface area contributed by atoms with Gasteiger partial charge in [0.1, 0.15) is 0 Å². The molecule has 0 aromatic heterocycles. The van der Waals surface area contributed by atoms with Crippen LogP contribution in [0.4, 0.5) is 9.18 Å². The summed E-state index contributed by atoms with van der Waals surface area (Å²) >= 11 is 0.737. The maximum atomic E-state index is 14.3. The van der Waals surface area contributed by atoms with Crippen LogP contribution in [-0.2, 0) is 4.79 Å². The van der Waals surface area contributed by atoms with Gasteiger partial charge in [0.05, 0.1) is 11.5 Å². The fourth-order valence-electron chi connectivity index (χ4n) is 2.77. The second-order valence-electron chi connectivity index (χ2n) is 6.26. The minimum atomic E-state index is -0.701. The summed E-state index contributed by atoms with van der Waals surface area (Å²) in [6.45, 7) is 4.61. The van der Waals surface area contributed by atoms with Crippen molar-refractivity contribution < 1.29 is 23.8 Å². The molecule has 1 fully saturated rings. The van der Waals surface area contributed by atoms with Crippen molar-refractivity contribution in [3.05, 3.63) is 28.4 Å². The van der Waals surface area contributed by atoms with Crippen molar-refractivity contribution in [3.8, 4) is 11.5 Å². The summed E-state index contributed by atoms with van der Waals surface area (Å²) < 4.78 is 19.7. The molecule has 0 bridgehead atoms. The Kier molecular flexibility index (Phi) is 7.50. The van der Waals surface area contributed by atoms with Crippen molar-refractivity contribution in [2.45, 2.75) is 46.0 Å². The second kappa shape index (κ2) is 9.62. The molecular formula is C19H24FNO4S. The van der Waals surface area contributed by atoms with E-state index in [4.69, 9.17) is 4.74 Å². The van der Waals surface area contributed by atoms with Crippen LogP contribution in [-0.4, -0.2) is 22.9 Å². The normalized spacial score (nSPS) is 16.8. The van der Waals surface area contributed by atoms with Gasteiger partial charge in [-0.2, -0.15) is 0 Å². The Morgan fingerprint density at radius 3 is 2.65 bits per heavy atom. The number of nitrogens with one attached hydrogen (secondary N) is 1. The number of phenols is 1. The Bertz CT molecular complexity index is 682. The van der Waals surface area contributed by atoms with Crippen LogP contribution < -0.4 is 10.1 Å². The van der Waals surface area contributed by atoms with E-state index in [0.29, 0.717) is 12.5 Å². The highest BCUT2D eigenvalue weighted by atomic mass is 32.2. The summed E-state index contributed by atoms with van der Waals surface area (Å²) in [4.78, 5) is 22.8. The quantitative estimate of drug-likeness (QED) is 0.599. The summed E-state index contributed by atoms with van der Waals surface area (Å²) in [5, 5.41) is 11.7. The minimum Gasteiger partial charge on any atom is -0.504 e. The van der Waals surface area contributed by atoms with Gasteiger partial charge in [-0.3, -0.25) is 14.9 Å². The van der Waals surface area contributed by atoms with Gasteiger partial charge in [0, 0.05) is 0 Å². The first kappa shape index (κ1) is 20.3. The summed E-state index contributed by atoms with van der Waals surface area (Å²) in [7, 11) is 0. The number of unbranched alkanes of at least 4 members (excludes halogenated alkanes) is 1. The zero-order chi connectivity index (χ0) is 19.1. The van der Waals surface area contributed by atoms with Gasteiger partial charge < -0.3 is 9.84 Å². The van der Waals surface area contributed by atoms with E-state index < -0.39 is 17.0 Å². The Morgan fingerprint density at radius 2 is 2.08 bits per heavy atom. The molecule has 1 aliphatic rings. The van der Waals surface area contributed by atoms with Gasteiger partial charge in [-0.25, -0.2) is 4.39 Å². The van der Waals surface area contributed by atoms with E-state index in [2.05, 4.69) is 19.2 Å². The van der Waals surface area contributed by atoms with Crippen molar-refractivity contribution in [3.63, 3.8) is 0 Å². The average Bonchev–Trinajstić information content (AvgIpc) is 2.90. The fourth-order valence-corrected chi connectivity index (χ4v) is 3.45. The molecule has 1 saturated heterocycles. The van der Waals surface area contributed by atoms with Crippen molar-refractivity contribution >= 4 is 29.0 Å². The predicted molar refractivity (Wildman–Crippen MR) is 101 cm³/mol. The standard InChI is InChI=1S/C19H24FNO4S/c1-3-5-6-12(4-2)7-8-25-17-14(20)9-13(10-15(17)22)11-16-18(23)21-19(24)26-16/h9-12,22H,3-8H2,1-2H3,(H,21,23,24)/b16-11-. The highest BCUT2D eigenvalue weighted by molar-refractivity contribution is 8.18. The van der Waals surface area contributed by atoms with E-state index in [1.165, 1.54) is 18.2 Å². The summed E-state index contributed by atoms with van der Waals surface area (Å²) in [5.41, 5.74) is 0.286. The molecule has 2 rings (SSSR count). The number of halogens is 1. The van der Waals surface area contributed by atoms with E-state index in [-0.39, 0.29) is 22.0 Å². The number of benzene rings is 1. The number of phenolic OH excluding ortho intramolecular Hbond substituents is 1. The predicted octanol–water partition coefficient (Wildman–Crippen LogP) is 4.84. The number of ether oxygens (including phenoxy) is 1. The SMILES string of the molecule is CCCCC(CC)CCOc1c(O)cc(/C=C2\SC(=O)NC2=O)cc1F. The first-order valence-electron chi connectivity index (χ1n) is 8.84. The third-order valence-electron chi connectivity index (χ3n) is 4.30. The lowest BCUT2D eigenvalue weighted by Gasteiger charge is -2.15. The van der Waals surface area contributed by atoms with Gasteiger partial charge in [0.25, 0.3) is 11.1 Å². The molecule has 0 spiro atoms. The first-order valence-corrected chi connectivity index (χ1v) is 9.66. The van der Waals surface area contributed by atoms with E-state index in [9.17, 15) is 19.1 Å². The number of carbonyl (C=O) groups excluding carboxylic acids is 2. The smallest absolute Gasteiger partial charge is 0.290 e. The minimum absolute atomic E-state index is 0.157. The maximum Gasteiger partial charge on any atom is 0.290 e. The molecule has 1 atom stereocenters. The van der Waals surface area contributed by atoms with E-state index >= 15 is 0 Å². The van der Waals surface area contributed by atoms with Crippen LogP contribution in [0.5, 0.6) is 11.5 Å². The third-order valence-corrected chi connectivity index (χ3v) is 5.11. The maximum absolute atomic E-state index is 14.3. The number of hydrogen-bond donors (Lipinski definition) is 2. The number of hydrogen-bond acceptors (Lipinski definition) is 5. The number of rotatable bonds is 9. The Morgan fingerprint density at radius 1 is 1.31 bits per heavy atom. The zero-order valence-electron chi connectivity index (χ0n) is 15.0. The van der Waals surface area contributed by atoms with E-state index in [0.717, 1.165) is 43.9 Å². The number of aromatic hydroxyl groups is 1. The molecule has 0 saturated carbocycles. The number of thioether (sulfide) groups is 1. The lowest BCUT2D eigenvalue weighted by Crippen LogP contribution is -2.17. The average molecular weight is 381 g/mol. The molecule has 0 radical (unpaired) electrons. The molecule has 26 heavy (non-hydrogen) atoms. The molecule has 2 amide bonds. The van der Waals surface area contributed by atoms with Crippen molar-refractivity contribution in [1.29, 1.82) is 0 Å². The monoisotopic (exact) mass is 381 g/mol. The largest absolute Gasteiger partial charge is 0.504 e. The summed E-state index contributed by atoms with van der Waals surface area (Å²) in [6, 6.07) is 2.49. The molecule has 7 heteroatoms. The van der Waals surface area contributed by atoms with E-state index in [1.54, 1.807) is 0 Å². The van der Waals surface area contributed by atoms with E-state index in [1.807, 2.05) is 0 Å². The number of carbonyl (C=O) groups is 2. The first-order chi connectivity index (χ1) is 12.4. The molecule has 2 N–H and O–H groups in total. The molecular weight excluding hydrogens is 357 g/mol. The van der Waals surface area contributed by atoms with Crippen molar-refractivity contribution in [1.82, 2.24) is 5.32 Å². The van der Waals surface area contributed by atoms with Gasteiger partial charge in [-0.15, -0.1) is 0 Å². The number of imide groups is 1. The molecule has 1 aliphatic heterocycles. The van der Waals surface area contributed by atoms with Crippen LogP contribution >= 0.6 is 11.8 Å². The van der Waals surface area contributed by atoms with Gasteiger partial charge >= 0.3 is 0 Å². The molecule has 142 valence electrons. The van der Waals surface area contributed by atoms with Crippen LogP contribution in [0.25, 0.3) is 6.08 Å². The van der Waals surface area contributed by atoms with Gasteiger partial charge in [-0.05, 0) is 47.9 Å². The van der Waals surface area contributed by atoms with Crippen LogP contribution in [0.3, 0.4) is 0 Å². The van der Waals surface area contributed by atoms with Gasteiger partial charge in [0.2, 0.25) is 0 Å². The topological polar surface area (TPSA) is 75.6 Å². The lowest BCUT2D eigenvalue weighted by molar-refractivity contribution is -0.115. The third kappa shape index (κ3) is 5.49. The van der Waals surface area contributed by atoms with Gasteiger partial charge in [-0.1, -0.05) is 39.5 Å². The molecule has 5 nitrogen and oxygen atoms in total. The molecule has 1 aromatic rings. The summed E-state index contributed by atoms with van der Waals surface area (Å²) in [6.07, 6.45) is 6.63. The zero-order valence-corrected chi connectivity index (χ0v) is 15.8. The lowest BCUT2D eigenvalue weighted by atomic mass is 9.96. The molecule has 1 aromatic carbocycles. The highest BCUT2D eigenvalue weighted by Gasteiger charge is 2.25. The van der Waals surface area contributed by atoms with Crippen LogP contribution in [0.1, 0.15) is 51.5 Å². The van der Waals surface area contributed by atoms with Crippen molar-refractivity contribution in [2.24, 2.45) is 5.92 Å². The summed E-state index contributed by atoms with van der Waals surface area (Å²) in [5.74, 6) is -1.21. The van der Waals surface area contributed by atoms with Crippen LogP contribution in [0.15, 0.2) is 17.0 Å². The number of amides is 2. The Labute approximate surface area is 157 Å². The molecule has 0 aliphatic carbocycles.